The number of anilines is 3. The van der Waals surface area contributed by atoms with Crippen molar-refractivity contribution in [1.82, 2.24) is 19.9 Å². The van der Waals surface area contributed by atoms with E-state index in [-0.39, 0.29) is 28.8 Å². The first-order valence-electron chi connectivity index (χ1n) is 10.7. The maximum Gasteiger partial charge on any atom is 0.272 e. The van der Waals surface area contributed by atoms with Gasteiger partial charge in [0.25, 0.3) is 6.43 Å². The third-order valence-corrected chi connectivity index (χ3v) is 6.31. The maximum atomic E-state index is 12.4. The quantitative estimate of drug-likeness (QED) is 0.504. The van der Waals surface area contributed by atoms with Gasteiger partial charge in [0.1, 0.15) is 30.0 Å². The molecule has 1 N–H and O–H groups in total. The molecular weight excluding hydrogens is 466 g/mol. The molecule has 2 aromatic heterocycles. The smallest absolute Gasteiger partial charge is 0.272 e. The van der Waals surface area contributed by atoms with E-state index in [1.807, 2.05) is 17.0 Å². The molecule has 3 aromatic rings. The second-order valence-electron chi connectivity index (χ2n) is 8.12. The Balaban J connectivity index is 1.38. The summed E-state index contributed by atoms with van der Waals surface area (Å²) in [6, 6.07) is 8.90. The van der Waals surface area contributed by atoms with Crippen molar-refractivity contribution in [1.29, 1.82) is 0 Å². The Morgan fingerprint density at radius 3 is 2.82 bits per heavy atom. The topological polar surface area (TPSA) is 83.5 Å². The van der Waals surface area contributed by atoms with Crippen molar-refractivity contribution in [3.63, 3.8) is 0 Å². The number of hydrogen-bond acceptors (Lipinski definition) is 7. The number of ether oxygens (including phenoxy) is 1. The number of hydrogen-bond donors (Lipinski definition) is 1. The van der Waals surface area contributed by atoms with E-state index in [0.29, 0.717) is 35.6 Å². The Labute approximate surface area is 199 Å². The van der Waals surface area contributed by atoms with Gasteiger partial charge >= 0.3 is 0 Å². The molecule has 5 rings (SSSR count). The molecule has 1 amide bonds. The van der Waals surface area contributed by atoms with Crippen LogP contribution in [-0.4, -0.2) is 64.0 Å². The van der Waals surface area contributed by atoms with Gasteiger partial charge in [-0.2, -0.15) is 0 Å². The van der Waals surface area contributed by atoms with Crippen LogP contribution in [0, 0.1) is 0 Å². The van der Waals surface area contributed by atoms with Crippen molar-refractivity contribution in [3.05, 3.63) is 54.3 Å². The molecule has 2 bridgehead atoms. The molecule has 34 heavy (non-hydrogen) atoms. The fourth-order valence-electron chi connectivity index (χ4n) is 4.50. The van der Waals surface area contributed by atoms with Gasteiger partial charge in [-0.15, -0.1) is 0 Å². The number of carbonyl (C=O) groups excluding carboxylic acids is 1. The Hall–Kier alpha value is -3.53. The van der Waals surface area contributed by atoms with Crippen LogP contribution in [0.1, 0.15) is 6.42 Å². The number of alkyl halides is 2. The molecule has 0 saturated carbocycles. The SMILES string of the molecule is C=CC(=O)N1C[C@@H]2C[C@H]1CN2c1ccc2ncnc(Nc3ccc(OCC(F)F)c(Cl)c3)c2n1. The number of carbonyl (C=O) groups is 1. The maximum absolute atomic E-state index is 12.4. The number of benzene rings is 1. The summed E-state index contributed by atoms with van der Waals surface area (Å²) in [6.45, 7) is 4.20. The molecule has 0 aliphatic carbocycles. The number of likely N-dealkylation sites (tertiary alicyclic amines) is 1. The highest BCUT2D eigenvalue weighted by Crippen LogP contribution is 2.35. The van der Waals surface area contributed by atoms with Crippen LogP contribution in [-0.2, 0) is 4.79 Å². The van der Waals surface area contributed by atoms with Crippen molar-refractivity contribution in [2.75, 3.05) is 29.9 Å². The van der Waals surface area contributed by atoms with E-state index in [9.17, 15) is 13.6 Å². The standard InChI is InChI=1S/C23H21ClF2N6O2/c1-2-21(33)32-10-14-8-15(32)9-31(14)20-6-4-17-22(30-20)23(28-12-27-17)29-13-3-5-18(16(24)7-13)34-11-19(25)26/h2-7,12,14-15,19H,1,8-11H2,(H,27,28,29)/t14-,15-/m0/s1. The number of piperazine rings is 1. The van der Waals surface area contributed by atoms with Crippen LogP contribution in [0.4, 0.5) is 26.1 Å². The van der Waals surface area contributed by atoms with E-state index in [1.165, 1.54) is 18.5 Å². The van der Waals surface area contributed by atoms with Crippen LogP contribution in [0.5, 0.6) is 5.75 Å². The lowest BCUT2D eigenvalue weighted by molar-refractivity contribution is -0.127. The highest BCUT2D eigenvalue weighted by Gasteiger charge is 2.45. The van der Waals surface area contributed by atoms with Gasteiger partial charge in [-0.05, 0) is 42.8 Å². The first-order chi connectivity index (χ1) is 16.4. The van der Waals surface area contributed by atoms with E-state index in [0.717, 1.165) is 12.2 Å². The minimum Gasteiger partial charge on any atom is -0.486 e. The third-order valence-electron chi connectivity index (χ3n) is 6.02. The summed E-state index contributed by atoms with van der Waals surface area (Å²) in [5.41, 5.74) is 1.84. The van der Waals surface area contributed by atoms with Crippen molar-refractivity contribution in [2.45, 2.75) is 24.9 Å². The van der Waals surface area contributed by atoms with Crippen molar-refractivity contribution >= 4 is 45.9 Å². The largest absolute Gasteiger partial charge is 0.486 e. The van der Waals surface area contributed by atoms with Crippen molar-refractivity contribution in [3.8, 4) is 5.75 Å². The lowest BCUT2D eigenvalue weighted by Gasteiger charge is -2.34. The molecule has 8 nitrogen and oxygen atoms in total. The van der Waals surface area contributed by atoms with Crippen LogP contribution in [0.2, 0.25) is 5.02 Å². The molecule has 11 heteroatoms. The summed E-state index contributed by atoms with van der Waals surface area (Å²) < 4.78 is 29.8. The lowest BCUT2D eigenvalue weighted by Crippen LogP contribution is -2.48. The van der Waals surface area contributed by atoms with Crippen LogP contribution in [0.15, 0.2) is 49.3 Å². The lowest BCUT2D eigenvalue weighted by atomic mass is 10.2. The molecule has 1 aromatic carbocycles. The Morgan fingerprint density at radius 1 is 1.26 bits per heavy atom. The van der Waals surface area contributed by atoms with Gasteiger partial charge in [0.15, 0.2) is 5.82 Å². The number of rotatable bonds is 7. The van der Waals surface area contributed by atoms with Gasteiger partial charge in [0.05, 0.1) is 22.6 Å². The predicted octanol–water partition coefficient (Wildman–Crippen LogP) is 4.04. The van der Waals surface area contributed by atoms with Gasteiger partial charge in [-0.3, -0.25) is 4.79 Å². The molecule has 0 unspecified atom stereocenters. The zero-order valence-corrected chi connectivity index (χ0v) is 18.8. The molecule has 2 aliphatic rings. The molecule has 4 heterocycles. The molecule has 176 valence electrons. The van der Waals surface area contributed by atoms with E-state index in [1.54, 1.807) is 12.1 Å². The van der Waals surface area contributed by atoms with Crippen LogP contribution < -0.4 is 15.0 Å². The molecule has 2 atom stereocenters. The molecule has 2 saturated heterocycles. The monoisotopic (exact) mass is 486 g/mol. The number of aromatic nitrogens is 3. The number of pyridine rings is 1. The van der Waals surface area contributed by atoms with Crippen LogP contribution in [0.25, 0.3) is 11.0 Å². The molecule has 2 fully saturated rings. The Kier molecular flexibility index (Phi) is 5.91. The van der Waals surface area contributed by atoms with E-state index in [4.69, 9.17) is 21.3 Å². The second kappa shape index (κ2) is 9.02. The Bertz CT molecular complexity index is 1260. The van der Waals surface area contributed by atoms with Crippen molar-refractivity contribution in [2.24, 2.45) is 0 Å². The van der Waals surface area contributed by atoms with Gasteiger partial charge in [0, 0.05) is 18.8 Å². The molecule has 0 radical (unpaired) electrons. The fraction of sp³-hybridized carbons (Fsp3) is 0.304. The summed E-state index contributed by atoms with van der Waals surface area (Å²) in [5, 5.41) is 3.38. The zero-order valence-electron chi connectivity index (χ0n) is 18.0. The van der Waals surface area contributed by atoms with Crippen LogP contribution in [0.3, 0.4) is 0 Å². The minimum atomic E-state index is -2.59. The normalized spacial score (nSPS) is 19.2. The van der Waals surface area contributed by atoms with Gasteiger partial charge in [-0.1, -0.05) is 18.2 Å². The third kappa shape index (κ3) is 4.21. The highest BCUT2D eigenvalue weighted by atomic mass is 35.5. The van der Waals surface area contributed by atoms with Crippen molar-refractivity contribution < 1.29 is 18.3 Å². The molecule has 2 aliphatic heterocycles. The first-order valence-corrected chi connectivity index (χ1v) is 11.1. The summed E-state index contributed by atoms with van der Waals surface area (Å²) in [6.07, 6.45) is 1.11. The average Bonchev–Trinajstić information content (AvgIpc) is 3.44. The number of fused-ring (bicyclic) bond motifs is 3. The second-order valence-corrected chi connectivity index (χ2v) is 8.53. The average molecular weight is 487 g/mol. The zero-order chi connectivity index (χ0) is 23.8. The fourth-order valence-corrected chi connectivity index (χ4v) is 4.74. The first kappa shape index (κ1) is 22.3. The predicted molar refractivity (Wildman–Crippen MR) is 125 cm³/mol. The molecule has 0 spiro atoms. The molecular formula is C23H21ClF2N6O2. The van der Waals surface area contributed by atoms with Crippen LogP contribution >= 0.6 is 11.6 Å². The number of nitrogens with one attached hydrogen (secondary N) is 1. The number of halogens is 3. The Morgan fingerprint density at radius 2 is 2.12 bits per heavy atom. The summed E-state index contributed by atoms with van der Waals surface area (Å²) in [7, 11) is 0. The summed E-state index contributed by atoms with van der Waals surface area (Å²) >= 11 is 6.19. The number of amides is 1. The van der Waals surface area contributed by atoms with E-state index in [2.05, 4.69) is 26.8 Å². The van der Waals surface area contributed by atoms with Gasteiger partial charge in [0.2, 0.25) is 5.91 Å². The number of nitrogens with zero attached hydrogens (tertiary/aromatic N) is 5. The minimum absolute atomic E-state index is 0.0391. The van der Waals surface area contributed by atoms with E-state index >= 15 is 0 Å². The highest BCUT2D eigenvalue weighted by molar-refractivity contribution is 6.32. The van der Waals surface area contributed by atoms with Gasteiger partial charge < -0.3 is 19.9 Å². The summed E-state index contributed by atoms with van der Waals surface area (Å²) in [4.78, 5) is 29.6. The summed E-state index contributed by atoms with van der Waals surface area (Å²) in [5.74, 6) is 1.41. The van der Waals surface area contributed by atoms with E-state index < -0.39 is 13.0 Å². The van der Waals surface area contributed by atoms with Gasteiger partial charge in [-0.25, -0.2) is 23.7 Å².